The molecule has 2 aliphatic carbocycles. The van der Waals surface area contributed by atoms with Crippen LogP contribution in [-0.2, 0) is 10.2 Å². The number of hydrogen-bond donors (Lipinski definition) is 0. The summed E-state index contributed by atoms with van der Waals surface area (Å²) in [5.74, 6) is 0.586. The van der Waals surface area contributed by atoms with Gasteiger partial charge in [0, 0.05) is 38.5 Å². The van der Waals surface area contributed by atoms with Gasteiger partial charge in [-0.25, -0.2) is 0 Å². The molecule has 0 radical (unpaired) electrons. The number of carbonyl (C=O) groups is 1. The fourth-order valence-electron chi connectivity index (χ4n) is 8.30. The second kappa shape index (κ2) is 11.3. The fourth-order valence-corrected chi connectivity index (χ4v) is 9.22. The molecular formula is C39H41NOS. The molecule has 0 spiro atoms. The molecule has 2 nitrogen and oxygen atoms in total. The number of allylic oxidation sites excluding steroid dienone is 1. The molecule has 2 atom stereocenters. The number of thiophene rings is 1. The zero-order valence-electron chi connectivity index (χ0n) is 24.9. The number of hydrogen-bond acceptors (Lipinski definition) is 3. The lowest BCUT2D eigenvalue weighted by atomic mass is 9.71. The lowest BCUT2D eigenvalue weighted by Gasteiger charge is -2.33. The number of rotatable bonds is 10. The SMILES string of the molecule is CCCCC1(CCCC)c2ccccc2-c2cc(N3c4ccc(-c5ccc(/C=C/C=O)s5)cc4C4CCCC43)ccc21. The van der Waals surface area contributed by atoms with Gasteiger partial charge in [-0.2, -0.15) is 0 Å². The monoisotopic (exact) mass is 571 g/mol. The van der Waals surface area contributed by atoms with Crippen molar-refractivity contribution < 1.29 is 4.79 Å². The second-order valence-corrected chi connectivity index (χ2v) is 13.6. The van der Waals surface area contributed by atoms with Gasteiger partial charge in [0.05, 0.1) is 0 Å². The van der Waals surface area contributed by atoms with Crippen molar-refractivity contribution in [1.29, 1.82) is 0 Å². The van der Waals surface area contributed by atoms with E-state index in [0.29, 0.717) is 12.0 Å². The van der Waals surface area contributed by atoms with Crippen LogP contribution in [0.5, 0.6) is 0 Å². The van der Waals surface area contributed by atoms with E-state index in [1.165, 1.54) is 96.3 Å². The summed E-state index contributed by atoms with van der Waals surface area (Å²) in [6.07, 6.45) is 15.6. The first-order valence-electron chi connectivity index (χ1n) is 16.1. The topological polar surface area (TPSA) is 20.3 Å². The summed E-state index contributed by atoms with van der Waals surface area (Å²) in [5, 5.41) is 0. The van der Waals surface area contributed by atoms with Crippen LogP contribution < -0.4 is 4.90 Å². The van der Waals surface area contributed by atoms with E-state index in [0.717, 1.165) is 11.2 Å². The van der Waals surface area contributed by atoms with Gasteiger partial charge in [0.2, 0.25) is 0 Å². The Kier molecular flexibility index (Phi) is 7.40. The molecule has 0 N–H and O–H groups in total. The van der Waals surface area contributed by atoms with Gasteiger partial charge < -0.3 is 4.90 Å². The van der Waals surface area contributed by atoms with Crippen LogP contribution in [0.1, 0.15) is 99.1 Å². The number of unbranched alkanes of at least 4 members (excludes halogenated alkanes) is 2. The van der Waals surface area contributed by atoms with Crippen molar-refractivity contribution in [2.75, 3.05) is 4.90 Å². The van der Waals surface area contributed by atoms with Crippen LogP contribution in [0, 0.1) is 0 Å². The summed E-state index contributed by atoms with van der Waals surface area (Å²) < 4.78 is 0. The van der Waals surface area contributed by atoms with Crippen LogP contribution in [0.4, 0.5) is 11.4 Å². The molecule has 2 heterocycles. The van der Waals surface area contributed by atoms with Crippen LogP contribution >= 0.6 is 11.3 Å². The predicted molar refractivity (Wildman–Crippen MR) is 179 cm³/mol. The first-order chi connectivity index (χ1) is 20.7. The molecule has 0 saturated heterocycles. The highest BCUT2D eigenvalue weighted by Gasteiger charge is 2.45. The molecule has 214 valence electrons. The lowest BCUT2D eigenvalue weighted by Crippen LogP contribution is -2.27. The van der Waals surface area contributed by atoms with Gasteiger partial charge in [-0.3, -0.25) is 4.79 Å². The van der Waals surface area contributed by atoms with Gasteiger partial charge in [0.1, 0.15) is 6.29 Å². The maximum Gasteiger partial charge on any atom is 0.142 e. The third-order valence-corrected chi connectivity index (χ3v) is 11.3. The van der Waals surface area contributed by atoms with Crippen LogP contribution in [-0.4, -0.2) is 12.3 Å². The van der Waals surface area contributed by atoms with Crippen molar-refractivity contribution in [3.63, 3.8) is 0 Å². The zero-order chi connectivity index (χ0) is 28.7. The van der Waals surface area contributed by atoms with Crippen molar-refractivity contribution in [1.82, 2.24) is 0 Å². The Bertz CT molecular complexity index is 1640. The van der Waals surface area contributed by atoms with Crippen LogP contribution in [0.15, 0.2) is 78.9 Å². The minimum absolute atomic E-state index is 0.144. The molecule has 0 bridgehead atoms. The fraction of sp³-hybridized carbons (Fsp3) is 0.359. The van der Waals surface area contributed by atoms with Crippen molar-refractivity contribution in [2.24, 2.45) is 0 Å². The minimum atomic E-state index is 0.144. The average molecular weight is 572 g/mol. The Hall–Kier alpha value is -3.43. The number of nitrogens with zero attached hydrogens (tertiary/aromatic N) is 1. The van der Waals surface area contributed by atoms with Crippen molar-refractivity contribution >= 4 is 35.1 Å². The van der Waals surface area contributed by atoms with E-state index < -0.39 is 0 Å². The molecule has 1 fully saturated rings. The second-order valence-electron chi connectivity index (χ2n) is 12.5. The summed E-state index contributed by atoms with van der Waals surface area (Å²) in [7, 11) is 0. The molecule has 2 unspecified atom stereocenters. The Labute approximate surface area is 255 Å². The van der Waals surface area contributed by atoms with Gasteiger partial charge in [0.15, 0.2) is 0 Å². The molecule has 3 heteroatoms. The molecule has 1 saturated carbocycles. The summed E-state index contributed by atoms with van der Waals surface area (Å²) in [5.41, 5.74) is 11.7. The predicted octanol–water partition coefficient (Wildman–Crippen LogP) is 11.1. The molecular weight excluding hydrogens is 531 g/mol. The van der Waals surface area contributed by atoms with Crippen molar-refractivity contribution in [3.05, 3.63) is 100 Å². The van der Waals surface area contributed by atoms with Gasteiger partial charge in [-0.15, -0.1) is 11.3 Å². The van der Waals surface area contributed by atoms with E-state index in [2.05, 4.69) is 91.5 Å². The number of benzene rings is 3. The largest absolute Gasteiger partial charge is 0.337 e. The third-order valence-electron chi connectivity index (χ3n) is 10.2. The van der Waals surface area contributed by atoms with E-state index in [1.807, 2.05) is 6.08 Å². The molecule has 3 aromatic carbocycles. The smallest absolute Gasteiger partial charge is 0.142 e. The van der Waals surface area contributed by atoms with Crippen molar-refractivity contribution in [3.8, 4) is 21.6 Å². The van der Waals surface area contributed by atoms with Gasteiger partial charge >= 0.3 is 0 Å². The van der Waals surface area contributed by atoms with Gasteiger partial charge in [0.25, 0.3) is 0 Å². The normalized spacial score (nSPS) is 19.6. The van der Waals surface area contributed by atoms with Crippen LogP contribution in [0.3, 0.4) is 0 Å². The first kappa shape index (κ1) is 27.4. The van der Waals surface area contributed by atoms with Gasteiger partial charge in [-0.1, -0.05) is 82.3 Å². The van der Waals surface area contributed by atoms with E-state index in [4.69, 9.17) is 0 Å². The Morgan fingerprint density at radius 1 is 0.881 bits per heavy atom. The van der Waals surface area contributed by atoms with E-state index >= 15 is 0 Å². The number of anilines is 2. The summed E-state index contributed by atoms with van der Waals surface area (Å²) in [6, 6.07) is 28.7. The quantitative estimate of drug-likeness (QED) is 0.139. The number of carbonyl (C=O) groups excluding carboxylic acids is 1. The van der Waals surface area contributed by atoms with E-state index in [9.17, 15) is 4.79 Å². The third kappa shape index (κ3) is 4.40. The summed E-state index contributed by atoms with van der Waals surface area (Å²) in [4.78, 5) is 15.9. The average Bonchev–Trinajstić information content (AvgIpc) is 3.80. The molecule has 42 heavy (non-hydrogen) atoms. The van der Waals surface area contributed by atoms with E-state index in [1.54, 1.807) is 28.5 Å². The van der Waals surface area contributed by atoms with Crippen LogP contribution in [0.25, 0.3) is 27.6 Å². The van der Waals surface area contributed by atoms with Crippen molar-refractivity contribution in [2.45, 2.75) is 89.0 Å². The summed E-state index contributed by atoms with van der Waals surface area (Å²) in [6.45, 7) is 4.66. The number of fused-ring (bicyclic) bond motifs is 6. The standard InChI is InChI=1S/C39H41NOS/c1-3-5-22-39(23-6-4-2)34-14-8-7-12-30(34)32-26-28(17-19-35(32)39)40-36-15-9-13-31(36)33-25-27(16-20-37(33)40)38-21-18-29(42-38)11-10-24-41/h7-8,10-12,14,16-21,24-26,31,36H,3-6,9,13,15,22-23H2,1-2H3/b11-10+. The molecule has 3 aliphatic rings. The Morgan fingerprint density at radius 3 is 2.50 bits per heavy atom. The number of aldehydes is 1. The maximum absolute atomic E-state index is 10.8. The molecule has 1 aliphatic heterocycles. The van der Waals surface area contributed by atoms with Crippen LogP contribution in [0.2, 0.25) is 0 Å². The maximum atomic E-state index is 10.8. The zero-order valence-corrected chi connectivity index (χ0v) is 25.8. The first-order valence-corrected chi connectivity index (χ1v) is 16.9. The Balaban J connectivity index is 1.30. The Morgan fingerprint density at radius 2 is 1.69 bits per heavy atom. The summed E-state index contributed by atoms with van der Waals surface area (Å²) >= 11 is 1.75. The molecule has 0 amide bonds. The highest BCUT2D eigenvalue weighted by molar-refractivity contribution is 7.16. The minimum Gasteiger partial charge on any atom is -0.337 e. The molecule has 1 aromatic heterocycles. The van der Waals surface area contributed by atoms with E-state index in [-0.39, 0.29) is 5.41 Å². The molecule has 4 aromatic rings. The lowest BCUT2D eigenvalue weighted by molar-refractivity contribution is -0.104. The highest BCUT2D eigenvalue weighted by atomic mass is 32.1. The molecule has 7 rings (SSSR count). The van der Waals surface area contributed by atoms with Gasteiger partial charge in [-0.05, 0) is 108 Å². The highest BCUT2D eigenvalue weighted by Crippen LogP contribution is 2.57.